The van der Waals surface area contributed by atoms with Crippen LogP contribution in [0, 0.1) is 5.92 Å². The molecule has 1 aliphatic rings. The minimum atomic E-state index is -0.997. The second kappa shape index (κ2) is 5.80. The number of aromatic nitrogens is 1. The van der Waals surface area contributed by atoms with E-state index in [-0.39, 0.29) is 18.4 Å². The van der Waals surface area contributed by atoms with Crippen molar-refractivity contribution in [3.05, 3.63) is 71.9 Å². The molecule has 1 aromatic heterocycles. The third-order valence-corrected chi connectivity index (χ3v) is 4.82. The fourth-order valence-corrected chi connectivity index (χ4v) is 3.28. The van der Waals surface area contributed by atoms with Crippen LogP contribution >= 0.6 is 0 Å². The van der Waals surface area contributed by atoms with Gasteiger partial charge < -0.3 is 15.4 Å². The lowest BCUT2D eigenvalue weighted by Crippen LogP contribution is -2.42. The maximum atomic E-state index is 12.5. The SMILES string of the molecule is O=C(NC[C@@](O)(c1ccccc1)C1CC1)c1cc2ccccc2[nH]1. The van der Waals surface area contributed by atoms with Gasteiger partial charge in [-0.3, -0.25) is 4.79 Å². The number of benzene rings is 2. The van der Waals surface area contributed by atoms with Crippen LogP contribution in [0.1, 0.15) is 28.9 Å². The van der Waals surface area contributed by atoms with E-state index >= 15 is 0 Å². The Kier molecular flexibility index (Phi) is 3.62. The summed E-state index contributed by atoms with van der Waals surface area (Å²) in [5.41, 5.74) is 1.32. The largest absolute Gasteiger partial charge is 0.383 e. The van der Waals surface area contributed by atoms with Crippen LogP contribution in [-0.2, 0) is 5.60 Å². The molecule has 3 N–H and O–H groups in total. The van der Waals surface area contributed by atoms with Crippen molar-refractivity contribution < 1.29 is 9.90 Å². The Balaban J connectivity index is 1.53. The Morgan fingerprint density at radius 1 is 1.12 bits per heavy atom. The van der Waals surface area contributed by atoms with E-state index < -0.39 is 5.60 Å². The number of carbonyl (C=O) groups is 1. The number of nitrogens with one attached hydrogen (secondary N) is 2. The highest BCUT2D eigenvalue weighted by atomic mass is 16.3. The fourth-order valence-electron chi connectivity index (χ4n) is 3.28. The first-order valence-electron chi connectivity index (χ1n) is 8.31. The average Bonchev–Trinajstić information content (AvgIpc) is 3.39. The normalized spacial score (nSPS) is 16.7. The standard InChI is InChI=1S/C20H20N2O2/c23-19(18-12-14-6-4-5-9-17(14)22-18)21-13-20(24,16-10-11-16)15-7-2-1-3-8-15/h1-9,12,16,22,24H,10-11,13H2,(H,21,23)/t20-/m1/s1. The first-order valence-corrected chi connectivity index (χ1v) is 8.31. The predicted molar refractivity (Wildman–Crippen MR) is 93.7 cm³/mol. The zero-order chi connectivity index (χ0) is 16.6. The van der Waals surface area contributed by atoms with Crippen LogP contribution in [0.2, 0.25) is 0 Å². The van der Waals surface area contributed by atoms with Crippen LogP contribution in [0.4, 0.5) is 0 Å². The van der Waals surface area contributed by atoms with Crippen LogP contribution in [0.3, 0.4) is 0 Å². The molecule has 122 valence electrons. The van der Waals surface area contributed by atoms with Crippen LogP contribution in [0.5, 0.6) is 0 Å². The van der Waals surface area contributed by atoms with Gasteiger partial charge in [0, 0.05) is 10.9 Å². The summed E-state index contributed by atoms with van der Waals surface area (Å²) in [7, 11) is 0. The molecule has 2 aromatic carbocycles. The van der Waals surface area contributed by atoms with Gasteiger partial charge in [-0.05, 0) is 36.5 Å². The molecule has 1 atom stereocenters. The summed E-state index contributed by atoms with van der Waals surface area (Å²) in [4.78, 5) is 15.6. The van der Waals surface area contributed by atoms with E-state index in [0.29, 0.717) is 5.69 Å². The summed E-state index contributed by atoms with van der Waals surface area (Å²) in [5.74, 6) is 0.0177. The van der Waals surface area contributed by atoms with Gasteiger partial charge in [-0.15, -0.1) is 0 Å². The van der Waals surface area contributed by atoms with E-state index in [9.17, 15) is 9.90 Å². The minimum absolute atomic E-state index is 0.193. The van der Waals surface area contributed by atoms with E-state index in [4.69, 9.17) is 0 Å². The molecule has 1 heterocycles. The van der Waals surface area contributed by atoms with Crippen molar-refractivity contribution >= 4 is 16.8 Å². The molecule has 4 rings (SSSR count). The van der Waals surface area contributed by atoms with Gasteiger partial charge in [0.15, 0.2) is 0 Å². The number of amides is 1. The number of hydrogen-bond acceptors (Lipinski definition) is 2. The molecule has 4 nitrogen and oxygen atoms in total. The van der Waals surface area contributed by atoms with Crippen molar-refractivity contribution in [1.82, 2.24) is 10.3 Å². The molecular weight excluding hydrogens is 300 g/mol. The summed E-state index contributed by atoms with van der Waals surface area (Å²) < 4.78 is 0. The summed E-state index contributed by atoms with van der Waals surface area (Å²) in [6.45, 7) is 0.218. The molecule has 1 aliphatic carbocycles. The quantitative estimate of drug-likeness (QED) is 0.676. The highest BCUT2D eigenvalue weighted by Crippen LogP contribution is 2.45. The predicted octanol–water partition coefficient (Wildman–Crippen LogP) is 3.20. The molecule has 24 heavy (non-hydrogen) atoms. The fraction of sp³-hybridized carbons (Fsp3) is 0.250. The van der Waals surface area contributed by atoms with E-state index in [1.54, 1.807) is 0 Å². The van der Waals surface area contributed by atoms with Gasteiger partial charge in [0.1, 0.15) is 11.3 Å². The van der Waals surface area contributed by atoms with Crippen molar-refractivity contribution in [3.8, 4) is 0 Å². The van der Waals surface area contributed by atoms with Crippen LogP contribution in [0.25, 0.3) is 10.9 Å². The number of H-pyrrole nitrogens is 1. The molecule has 3 aromatic rings. The number of para-hydroxylation sites is 1. The third-order valence-electron chi connectivity index (χ3n) is 4.82. The molecule has 0 aliphatic heterocycles. The molecule has 1 saturated carbocycles. The number of aliphatic hydroxyl groups is 1. The lowest BCUT2D eigenvalue weighted by atomic mass is 9.88. The number of fused-ring (bicyclic) bond motifs is 1. The highest BCUT2D eigenvalue weighted by molar-refractivity contribution is 5.98. The van der Waals surface area contributed by atoms with E-state index in [1.165, 1.54) is 0 Å². The summed E-state index contributed by atoms with van der Waals surface area (Å²) in [5, 5.41) is 15.0. The molecular formula is C20H20N2O2. The number of rotatable bonds is 5. The van der Waals surface area contributed by atoms with E-state index in [2.05, 4.69) is 10.3 Å². The number of hydrogen-bond donors (Lipinski definition) is 3. The number of carbonyl (C=O) groups excluding carboxylic acids is 1. The molecule has 1 amide bonds. The molecule has 0 radical (unpaired) electrons. The second-order valence-electron chi connectivity index (χ2n) is 6.52. The topological polar surface area (TPSA) is 65.1 Å². The first kappa shape index (κ1) is 15.0. The first-order chi connectivity index (χ1) is 11.7. The van der Waals surface area contributed by atoms with Gasteiger partial charge in [-0.1, -0.05) is 48.5 Å². The Morgan fingerprint density at radius 2 is 1.83 bits per heavy atom. The smallest absolute Gasteiger partial charge is 0.267 e. The Morgan fingerprint density at radius 3 is 2.54 bits per heavy atom. The van der Waals surface area contributed by atoms with Crippen LogP contribution in [-0.4, -0.2) is 22.5 Å². The van der Waals surface area contributed by atoms with Gasteiger partial charge in [-0.2, -0.15) is 0 Å². The Bertz CT molecular complexity index is 834. The van der Waals surface area contributed by atoms with Crippen molar-refractivity contribution in [3.63, 3.8) is 0 Å². The van der Waals surface area contributed by atoms with Crippen LogP contribution < -0.4 is 5.32 Å². The van der Waals surface area contributed by atoms with Crippen molar-refractivity contribution in [2.45, 2.75) is 18.4 Å². The number of aromatic amines is 1. The molecule has 1 fully saturated rings. The highest BCUT2D eigenvalue weighted by Gasteiger charge is 2.45. The minimum Gasteiger partial charge on any atom is -0.383 e. The zero-order valence-corrected chi connectivity index (χ0v) is 13.3. The van der Waals surface area contributed by atoms with Crippen molar-refractivity contribution in [2.75, 3.05) is 6.54 Å². The van der Waals surface area contributed by atoms with Gasteiger partial charge in [0.25, 0.3) is 5.91 Å². The van der Waals surface area contributed by atoms with Gasteiger partial charge >= 0.3 is 0 Å². The lowest BCUT2D eigenvalue weighted by Gasteiger charge is -2.29. The lowest BCUT2D eigenvalue weighted by molar-refractivity contribution is 0.0134. The Labute approximate surface area is 140 Å². The zero-order valence-electron chi connectivity index (χ0n) is 13.3. The molecule has 4 heteroatoms. The monoisotopic (exact) mass is 320 g/mol. The maximum absolute atomic E-state index is 12.5. The van der Waals surface area contributed by atoms with E-state index in [1.807, 2.05) is 60.7 Å². The average molecular weight is 320 g/mol. The van der Waals surface area contributed by atoms with Gasteiger partial charge in [-0.25, -0.2) is 0 Å². The van der Waals surface area contributed by atoms with E-state index in [0.717, 1.165) is 29.3 Å². The van der Waals surface area contributed by atoms with Gasteiger partial charge in [0.05, 0.1) is 6.54 Å². The van der Waals surface area contributed by atoms with Gasteiger partial charge in [0.2, 0.25) is 0 Å². The van der Waals surface area contributed by atoms with Crippen LogP contribution in [0.15, 0.2) is 60.7 Å². The van der Waals surface area contributed by atoms with Crippen molar-refractivity contribution in [1.29, 1.82) is 0 Å². The third kappa shape index (κ3) is 2.69. The summed E-state index contributed by atoms with van der Waals surface area (Å²) in [6, 6.07) is 19.2. The summed E-state index contributed by atoms with van der Waals surface area (Å²) in [6.07, 6.45) is 1.99. The second-order valence-corrected chi connectivity index (χ2v) is 6.52. The molecule has 0 saturated heterocycles. The maximum Gasteiger partial charge on any atom is 0.267 e. The summed E-state index contributed by atoms with van der Waals surface area (Å²) >= 11 is 0. The molecule has 0 spiro atoms. The molecule has 0 bridgehead atoms. The van der Waals surface area contributed by atoms with Crippen molar-refractivity contribution in [2.24, 2.45) is 5.92 Å². The molecule has 0 unspecified atom stereocenters. The Hall–Kier alpha value is -2.59.